The first-order valence-corrected chi connectivity index (χ1v) is 8.79. The standard InChI is InChI=1S/C14H17BrN2O3S/c1-21-8-5-12-13(18)17(14(19)16-12)6-7-20-11-4-2-3-10(15)9-11/h2-4,9,12H,5-8H2,1H3,(H,16,19). The fourth-order valence-electron chi connectivity index (χ4n) is 2.03. The molecule has 1 unspecified atom stereocenters. The molecule has 21 heavy (non-hydrogen) atoms. The smallest absolute Gasteiger partial charge is 0.324 e. The van der Waals surface area contributed by atoms with Crippen molar-refractivity contribution in [1.82, 2.24) is 10.2 Å². The van der Waals surface area contributed by atoms with Crippen LogP contribution in [-0.4, -0.2) is 48.0 Å². The summed E-state index contributed by atoms with van der Waals surface area (Å²) in [4.78, 5) is 25.1. The fourth-order valence-corrected chi connectivity index (χ4v) is 2.88. The molecular weight excluding hydrogens is 356 g/mol. The average molecular weight is 373 g/mol. The highest BCUT2D eigenvalue weighted by molar-refractivity contribution is 9.10. The van der Waals surface area contributed by atoms with E-state index in [0.717, 1.165) is 10.2 Å². The second-order valence-electron chi connectivity index (χ2n) is 4.58. The SMILES string of the molecule is CSCCC1NC(=O)N(CCOc2cccc(Br)c2)C1=O. The van der Waals surface area contributed by atoms with Crippen molar-refractivity contribution in [2.75, 3.05) is 25.2 Å². The van der Waals surface area contributed by atoms with Gasteiger partial charge in [0, 0.05) is 4.47 Å². The molecule has 1 aromatic rings. The van der Waals surface area contributed by atoms with Crippen LogP contribution < -0.4 is 10.1 Å². The minimum atomic E-state index is -0.393. The molecule has 1 saturated heterocycles. The zero-order chi connectivity index (χ0) is 15.2. The topological polar surface area (TPSA) is 58.6 Å². The molecule has 1 atom stereocenters. The van der Waals surface area contributed by atoms with Gasteiger partial charge in [-0.15, -0.1) is 0 Å². The lowest BCUT2D eigenvalue weighted by atomic mass is 10.2. The van der Waals surface area contributed by atoms with Gasteiger partial charge in [-0.1, -0.05) is 22.0 Å². The number of urea groups is 1. The number of halogens is 1. The average Bonchev–Trinajstić information content (AvgIpc) is 2.72. The Morgan fingerprint density at radius 2 is 2.24 bits per heavy atom. The van der Waals surface area contributed by atoms with Crippen LogP contribution in [0.15, 0.2) is 28.7 Å². The second-order valence-corrected chi connectivity index (χ2v) is 6.48. The Hall–Kier alpha value is -1.21. The van der Waals surface area contributed by atoms with Gasteiger partial charge >= 0.3 is 6.03 Å². The van der Waals surface area contributed by atoms with Crippen LogP contribution in [0, 0.1) is 0 Å². The van der Waals surface area contributed by atoms with Crippen LogP contribution in [0.4, 0.5) is 4.79 Å². The van der Waals surface area contributed by atoms with Crippen molar-refractivity contribution in [3.63, 3.8) is 0 Å². The Bertz CT molecular complexity index is 527. The minimum Gasteiger partial charge on any atom is -0.492 e. The lowest BCUT2D eigenvalue weighted by Gasteiger charge is -2.13. The number of thioether (sulfide) groups is 1. The number of nitrogens with one attached hydrogen (secondary N) is 1. The summed E-state index contributed by atoms with van der Waals surface area (Å²) in [7, 11) is 0. The molecule has 2 rings (SSSR count). The third kappa shape index (κ3) is 4.38. The van der Waals surface area contributed by atoms with E-state index in [4.69, 9.17) is 4.74 Å². The highest BCUT2D eigenvalue weighted by atomic mass is 79.9. The summed E-state index contributed by atoms with van der Waals surface area (Å²) in [6.45, 7) is 0.539. The third-order valence-electron chi connectivity index (χ3n) is 3.10. The van der Waals surface area contributed by atoms with Crippen molar-refractivity contribution in [2.45, 2.75) is 12.5 Å². The predicted molar refractivity (Wildman–Crippen MR) is 86.7 cm³/mol. The van der Waals surface area contributed by atoms with Crippen molar-refractivity contribution in [3.05, 3.63) is 28.7 Å². The van der Waals surface area contributed by atoms with E-state index in [0.29, 0.717) is 12.2 Å². The molecule has 0 bridgehead atoms. The molecule has 1 fully saturated rings. The first-order valence-electron chi connectivity index (χ1n) is 6.61. The van der Waals surface area contributed by atoms with E-state index in [-0.39, 0.29) is 25.1 Å². The van der Waals surface area contributed by atoms with Gasteiger partial charge in [0.25, 0.3) is 5.91 Å². The Labute approximate surface area is 136 Å². The summed E-state index contributed by atoms with van der Waals surface area (Å²) in [5.74, 6) is 1.39. The van der Waals surface area contributed by atoms with Crippen LogP contribution in [0.1, 0.15) is 6.42 Å². The molecule has 114 valence electrons. The third-order valence-corrected chi connectivity index (χ3v) is 4.23. The van der Waals surface area contributed by atoms with Crippen molar-refractivity contribution in [2.24, 2.45) is 0 Å². The highest BCUT2D eigenvalue weighted by Crippen LogP contribution is 2.18. The fraction of sp³-hybridized carbons (Fsp3) is 0.429. The summed E-state index contributed by atoms with van der Waals surface area (Å²) in [5, 5.41) is 2.71. The number of rotatable bonds is 7. The van der Waals surface area contributed by atoms with Crippen LogP contribution >= 0.6 is 27.7 Å². The zero-order valence-electron chi connectivity index (χ0n) is 11.7. The molecule has 0 spiro atoms. The molecule has 0 saturated carbocycles. The van der Waals surface area contributed by atoms with E-state index < -0.39 is 6.04 Å². The maximum atomic E-state index is 12.1. The van der Waals surface area contributed by atoms with Gasteiger partial charge in [0.05, 0.1) is 6.54 Å². The number of hydrogen-bond donors (Lipinski definition) is 1. The number of imide groups is 1. The molecule has 0 aromatic heterocycles. The molecule has 1 aliphatic heterocycles. The van der Waals surface area contributed by atoms with Gasteiger partial charge < -0.3 is 10.1 Å². The number of amides is 3. The Kier molecular flexibility index (Phi) is 5.93. The highest BCUT2D eigenvalue weighted by Gasteiger charge is 2.37. The van der Waals surface area contributed by atoms with Crippen molar-refractivity contribution >= 4 is 39.6 Å². The van der Waals surface area contributed by atoms with E-state index in [1.807, 2.05) is 30.5 Å². The zero-order valence-corrected chi connectivity index (χ0v) is 14.1. The summed E-state index contributed by atoms with van der Waals surface area (Å²) in [6.07, 6.45) is 2.64. The van der Waals surface area contributed by atoms with Crippen LogP contribution in [-0.2, 0) is 4.79 Å². The minimum absolute atomic E-state index is 0.160. The van der Waals surface area contributed by atoms with Crippen LogP contribution in [0.2, 0.25) is 0 Å². The quantitative estimate of drug-likeness (QED) is 0.747. The van der Waals surface area contributed by atoms with Crippen molar-refractivity contribution in [3.8, 4) is 5.75 Å². The Balaban J connectivity index is 1.82. The van der Waals surface area contributed by atoms with E-state index in [2.05, 4.69) is 21.2 Å². The van der Waals surface area contributed by atoms with E-state index in [9.17, 15) is 9.59 Å². The molecule has 5 nitrogen and oxygen atoms in total. The van der Waals surface area contributed by atoms with E-state index in [1.54, 1.807) is 11.8 Å². The molecular formula is C14H17BrN2O3S. The van der Waals surface area contributed by atoms with Gasteiger partial charge in [0.2, 0.25) is 0 Å². The molecule has 1 aliphatic rings. The second kappa shape index (κ2) is 7.70. The van der Waals surface area contributed by atoms with E-state index >= 15 is 0 Å². The number of nitrogens with zero attached hydrogens (tertiary/aromatic N) is 1. The molecule has 7 heteroatoms. The summed E-state index contributed by atoms with van der Waals surface area (Å²) in [6, 6.07) is 6.72. The molecule has 1 heterocycles. The normalized spacial score (nSPS) is 18.0. The molecule has 3 amide bonds. The number of benzene rings is 1. The maximum absolute atomic E-state index is 12.1. The van der Waals surface area contributed by atoms with Crippen LogP contribution in [0.5, 0.6) is 5.75 Å². The van der Waals surface area contributed by atoms with Gasteiger partial charge in [0.1, 0.15) is 18.4 Å². The first kappa shape index (κ1) is 16.2. The largest absolute Gasteiger partial charge is 0.492 e. The van der Waals surface area contributed by atoms with Crippen molar-refractivity contribution in [1.29, 1.82) is 0 Å². The van der Waals surface area contributed by atoms with E-state index in [1.165, 1.54) is 4.90 Å². The number of carbonyl (C=O) groups is 2. The van der Waals surface area contributed by atoms with Crippen LogP contribution in [0.25, 0.3) is 0 Å². The molecule has 1 N–H and O–H groups in total. The Morgan fingerprint density at radius 3 is 2.95 bits per heavy atom. The monoisotopic (exact) mass is 372 g/mol. The molecule has 1 aromatic carbocycles. The molecule has 0 aliphatic carbocycles. The van der Waals surface area contributed by atoms with Gasteiger partial charge in [-0.05, 0) is 36.6 Å². The summed E-state index contributed by atoms with van der Waals surface area (Å²) in [5.41, 5.74) is 0. The van der Waals surface area contributed by atoms with Crippen LogP contribution in [0.3, 0.4) is 0 Å². The maximum Gasteiger partial charge on any atom is 0.324 e. The first-order chi connectivity index (χ1) is 10.1. The summed E-state index contributed by atoms with van der Waals surface area (Å²) < 4.78 is 6.48. The summed E-state index contributed by atoms with van der Waals surface area (Å²) >= 11 is 5.02. The number of carbonyl (C=O) groups excluding carboxylic acids is 2. The van der Waals surface area contributed by atoms with Gasteiger partial charge in [-0.3, -0.25) is 9.69 Å². The Morgan fingerprint density at radius 1 is 1.43 bits per heavy atom. The lowest BCUT2D eigenvalue weighted by molar-refractivity contribution is -0.127. The predicted octanol–water partition coefficient (Wildman–Crippen LogP) is 2.50. The lowest BCUT2D eigenvalue weighted by Crippen LogP contribution is -2.35. The van der Waals surface area contributed by atoms with Gasteiger partial charge in [-0.2, -0.15) is 11.8 Å². The number of ether oxygens (including phenoxy) is 1. The van der Waals surface area contributed by atoms with Crippen molar-refractivity contribution < 1.29 is 14.3 Å². The van der Waals surface area contributed by atoms with Gasteiger partial charge in [0.15, 0.2) is 0 Å². The number of hydrogen-bond acceptors (Lipinski definition) is 4. The molecule has 0 radical (unpaired) electrons. The van der Waals surface area contributed by atoms with Gasteiger partial charge in [-0.25, -0.2) is 4.79 Å².